The molecule has 0 aliphatic heterocycles. The van der Waals surface area contributed by atoms with Crippen molar-refractivity contribution in [3.8, 4) is 22.3 Å². The van der Waals surface area contributed by atoms with E-state index in [-0.39, 0.29) is 0 Å². The summed E-state index contributed by atoms with van der Waals surface area (Å²) in [5.41, 5.74) is 12.5. The Balaban J connectivity index is 1.16. The second-order valence-corrected chi connectivity index (χ2v) is 14.8. The van der Waals surface area contributed by atoms with Crippen LogP contribution < -0.4 is 4.90 Å². The van der Waals surface area contributed by atoms with Crippen molar-refractivity contribution >= 4 is 70.5 Å². The van der Waals surface area contributed by atoms with Crippen molar-refractivity contribution in [3.63, 3.8) is 0 Å². The third-order valence-electron chi connectivity index (χ3n) is 10.3. The fourth-order valence-electron chi connectivity index (χ4n) is 7.64. The van der Waals surface area contributed by atoms with Gasteiger partial charge in [0, 0.05) is 26.8 Å². The maximum atomic E-state index is 4.40. The van der Waals surface area contributed by atoms with Gasteiger partial charge in [0.05, 0.1) is 10.4 Å². The maximum Gasteiger partial charge on any atom is 0.0640 e. The zero-order chi connectivity index (χ0) is 37.1. The van der Waals surface area contributed by atoms with Gasteiger partial charge < -0.3 is 4.90 Å². The molecule has 0 aliphatic rings. The highest BCUT2D eigenvalue weighted by Gasteiger charge is 2.19. The third kappa shape index (κ3) is 6.69. The summed E-state index contributed by atoms with van der Waals surface area (Å²) in [5, 5.41) is 5.08. The van der Waals surface area contributed by atoms with Crippen molar-refractivity contribution in [2.75, 3.05) is 4.90 Å². The van der Waals surface area contributed by atoms with E-state index in [1.807, 2.05) is 17.4 Å². The van der Waals surface area contributed by atoms with Crippen molar-refractivity contribution in [3.05, 3.63) is 224 Å². The molecule has 8 aromatic carbocycles. The average Bonchev–Trinajstić information content (AvgIpc) is 3.64. The molecule has 1 heterocycles. The molecule has 2 heteroatoms. The lowest BCUT2D eigenvalue weighted by Gasteiger charge is -2.27. The number of fused-ring (bicyclic) bond motifs is 4. The highest BCUT2D eigenvalue weighted by molar-refractivity contribution is 7.26. The summed E-state index contributed by atoms with van der Waals surface area (Å²) in [6.45, 7) is 6.46. The number of anilines is 3. The molecule has 9 aromatic rings. The van der Waals surface area contributed by atoms with E-state index in [9.17, 15) is 0 Å². The number of allylic oxidation sites excluding steroid dienone is 5. The summed E-state index contributed by atoms with van der Waals surface area (Å²) in [6.07, 6.45) is 6.43. The van der Waals surface area contributed by atoms with Gasteiger partial charge in [-0.15, -0.1) is 11.3 Å². The highest BCUT2D eigenvalue weighted by Crippen LogP contribution is 2.45. The number of benzene rings is 8. The van der Waals surface area contributed by atoms with Gasteiger partial charge in [-0.2, -0.15) is 0 Å². The number of hydrogen-bond acceptors (Lipinski definition) is 2. The van der Waals surface area contributed by atoms with Gasteiger partial charge >= 0.3 is 0 Å². The third-order valence-corrected chi connectivity index (χ3v) is 11.5. The zero-order valence-corrected chi connectivity index (χ0v) is 31.5. The van der Waals surface area contributed by atoms with E-state index in [2.05, 4.69) is 219 Å². The van der Waals surface area contributed by atoms with E-state index in [0.717, 1.165) is 39.3 Å². The van der Waals surface area contributed by atoms with Gasteiger partial charge in [-0.1, -0.05) is 164 Å². The maximum absolute atomic E-state index is 4.40. The van der Waals surface area contributed by atoms with Crippen LogP contribution in [0.5, 0.6) is 0 Å². The second-order valence-electron chi connectivity index (χ2n) is 13.8. The molecular formula is C53H39NS. The molecule has 0 amide bonds. The highest BCUT2D eigenvalue weighted by atomic mass is 32.1. The van der Waals surface area contributed by atoms with Gasteiger partial charge in [-0.3, -0.25) is 0 Å². The van der Waals surface area contributed by atoms with E-state index >= 15 is 0 Å². The van der Waals surface area contributed by atoms with Crippen molar-refractivity contribution < 1.29 is 0 Å². The van der Waals surface area contributed by atoms with Crippen LogP contribution in [0.2, 0.25) is 0 Å². The summed E-state index contributed by atoms with van der Waals surface area (Å²) in [6, 6.07) is 67.8. The minimum atomic E-state index is 0.983. The Morgan fingerprint density at radius 1 is 0.527 bits per heavy atom. The van der Waals surface area contributed by atoms with Crippen molar-refractivity contribution in [1.82, 2.24) is 0 Å². The molecule has 9 rings (SSSR count). The van der Waals surface area contributed by atoms with E-state index in [4.69, 9.17) is 0 Å². The van der Waals surface area contributed by atoms with Crippen molar-refractivity contribution in [2.24, 2.45) is 0 Å². The first-order valence-electron chi connectivity index (χ1n) is 18.7. The number of rotatable bonds is 9. The Labute approximate surface area is 327 Å². The van der Waals surface area contributed by atoms with Crippen LogP contribution in [0.15, 0.2) is 213 Å². The number of hydrogen-bond donors (Lipinski definition) is 0. The van der Waals surface area contributed by atoms with Crippen LogP contribution in [-0.4, -0.2) is 0 Å². The summed E-state index contributed by atoms with van der Waals surface area (Å²) >= 11 is 1.86. The molecule has 55 heavy (non-hydrogen) atoms. The predicted octanol–water partition coefficient (Wildman–Crippen LogP) is 15.7. The van der Waals surface area contributed by atoms with Crippen LogP contribution in [0.4, 0.5) is 17.1 Å². The van der Waals surface area contributed by atoms with Gasteiger partial charge in [0.15, 0.2) is 0 Å². The van der Waals surface area contributed by atoms with Crippen LogP contribution in [0, 0.1) is 0 Å². The number of nitrogens with zero attached hydrogens (tertiary/aromatic N) is 1. The molecule has 0 N–H and O–H groups in total. The van der Waals surface area contributed by atoms with Gasteiger partial charge in [-0.05, 0) is 111 Å². The predicted molar refractivity (Wildman–Crippen MR) is 241 cm³/mol. The molecule has 0 radical (unpaired) electrons. The van der Waals surface area contributed by atoms with Crippen LogP contribution in [0.25, 0.3) is 64.3 Å². The molecule has 1 aromatic heterocycles. The lowest BCUT2D eigenvalue weighted by molar-refractivity contribution is 1.30. The first-order chi connectivity index (χ1) is 27.1. The minimum Gasteiger partial charge on any atom is -0.309 e. The van der Waals surface area contributed by atoms with Crippen LogP contribution >= 0.6 is 11.3 Å². The first kappa shape index (κ1) is 34.1. The molecule has 0 fully saturated rings. The molecule has 0 atom stereocenters. The molecule has 0 aliphatic carbocycles. The molecule has 0 saturated heterocycles. The lowest BCUT2D eigenvalue weighted by Crippen LogP contribution is -2.10. The Bertz CT molecular complexity index is 2890. The normalized spacial score (nSPS) is 11.8. The molecule has 262 valence electrons. The van der Waals surface area contributed by atoms with Crippen LogP contribution in [0.3, 0.4) is 0 Å². The Hall–Kier alpha value is -6.74. The molecule has 0 saturated carbocycles. The van der Waals surface area contributed by atoms with E-state index < -0.39 is 0 Å². The fraction of sp³-hybridized carbons (Fsp3) is 0.0189. The largest absolute Gasteiger partial charge is 0.309 e. The topological polar surface area (TPSA) is 3.24 Å². The monoisotopic (exact) mass is 721 g/mol. The first-order valence-corrected chi connectivity index (χ1v) is 19.5. The Morgan fingerprint density at radius 3 is 2.02 bits per heavy atom. The summed E-state index contributed by atoms with van der Waals surface area (Å²) in [7, 11) is 0. The van der Waals surface area contributed by atoms with E-state index in [0.29, 0.717) is 0 Å². The molecule has 0 unspecified atom stereocenters. The van der Waals surface area contributed by atoms with Crippen LogP contribution in [0.1, 0.15) is 18.1 Å². The zero-order valence-electron chi connectivity index (χ0n) is 30.7. The Morgan fingerprint density at radius 2 is 1.18 bits per heavy atom. The van der Waals surface area contributed by atoms with Gasteiger partial charge in [0.25, 0.3) is 0 Å². The molecule has 1 nitrogen and oxygen atoms in total. The quantitative estimate of drug-likeness (QED) is 0.134. The SMILES string of the molecule is C=C(/C=C(\C=C/C)c1ccc(N(c2cccc(-c3cccc(-c4cccc5ccccc45)c3)c2)c2cccc3c2sc2ccccc23)cc1)c1ccccc1. The molecular weight excluding hydrogens is 683 g/mol. The lowest BCUT2D eigenvalue weighted by atomic mass is 9.95. The van der Waals surface area contributed by atoms with Gasteiger partial charge in [0.2, 0.25) is 0 Å². The van der Waals surface area contributed by atoms with Gasteiger partial charge in [-0.25, -0.2) is 0 Å². The second kappa shape index (κ2) is 14.9. The standard InChI is InChI=1S/C53H39NS/c1-3-15-41(34-37(2)38-16-5-4-6-17-38)39-30-32-45(33-31-39)54(51-28-14-27-50-49-25-9-10-29-52(49)55-53(50)51)46-23-12-21-43(36-46)42-20-11-22-44(35-42)48-26-13-19-40-18-7-8-24-47(40)48/h3-36H,2H2,1H3/b15-3-,41-34+. The summed E-state index contributed by atoms with van der Waals surface area (Å²) < 4.78 is 2.56. The fourth-order valence-corrected chi connectivity index (χ4v) is 8.84. The number of thiophene rings is 1. The molecule has 0 bridgehead atoms. The smallest absolute Gasteiger partial charge is 0.0640 e. The van der Waals surface area contributed by atoms with E-state index in [1.54, 1.807) is 0 Å². The van der Waals surface area contributed by atoms with Crippen LogP contribution in [-0.2, 0) is 0 Å². The molecule has 0 spiro atoms. The summed E-state index contributed by atoms with van der Waals surface area (Å²) in [5.74, 6) is 0. The van der Waals surface area contributed by atoms with Crippen molar-refractivity contribution in [1.29, 1.82) is 0 Å². The summed E-state index contributed by atoms with van der Waals surface area (Å²) in [4.78, 5) is 2.42. The van der Waals surface area contributed by atoms with E-state index in [1.165, 1.54) is 53.2 Å². The minimum absolute atomic E-state index is 0.983. The van der Waals surface area contributed by atoms with Gasteiger partial charge in [0.1, 0.15) is 0 Å². The van der Waals surface area contributed by atoms with Crippen molar-refractivity contribution in [2.45, 2.75) is 6.92 Å². The Kier molecular flexibility index (Phi) is 9.25. The average molecular weight is 722 g/mol.